The number of hydrogen-bond acceptors (Lipinski definition) is 5. The standard InChI is InChI=1S/C19H25N3O3S/c1-14-8-10-17(25-2)18(12-14)26(23,24)22-16-9-11-19(20-13-16)21-15-6-4-3-5-7-15/h8-13,15,22H,3-7H2,1-2H3,(H,20,21). The molecular formula is C19H25N3O3S. The molecule has 1 aliphatic rings. The second kappa shape index (κ2) is 7.95. The Labute approximate surface area is 155 Å². The van der Waals surface area contributed by atoms with Gasteiger partial charge in [0.1, 0.15) is 16.5 Å². The van der Waals surface area contributed by atoms with E-state index in [9.17, 15) is 8.42 Å². The third kappa shape index (κ3) is 4.46. The van der Waals surface area contributed by atoms with E-state index in [1.165, 1.54) is 32.6 Å². The van der Waals surface area contributed by atoms with Gasteiger partial charge in [0.15, 0.2) is 0 Å². The van der Waals surface area contributed by atoms with Crippen LogP contribution >= 0.6 is 0 Å². The summed E-state index contributed by atoms with van der Waals surface area (Å²) in [5.41, 5.74) is 1.26. The summed E-state index contributed by atoms with van der Waals surface area (Å²) < 4.78 is 33.2. The van der Waals surface area contributed by atoms with E-state index in [0.29, 0.717) is 17.5 Å². The Hall–Kier alpha value is -2.28. The van der Waals surface area contributed by atoms with E-state index in [1.54, 1.807) is 24.3 Å². The van der Waals surface area contributed by atoms with Gasteiger partial charge in [0.25, 0.3) is 10.0 Å². The summed E-state index contributed by atoms with van der Waals surface area (Å²) >= 11 is 0. The Morgan fingerprint density at radius 2 is 1.88 bits per heavy atom. The maximum atomic E-state index is 12.7. The lowest BCUT2D eigenvalue weighted by molar-refractivity contribution is 0.402. The van der Waals surface area contributed by atoms with Gasteiger partial charge in [-0.25, -0.2) is 13.4 Å². The first kappa shape index (κ1) is 18.5. The number of pyridine rings is 1. The fraction of sp³-hybridized carbons (Fsp3) is 0.421. The van der Waals surface area contributed by atoms with Crippen molar-refractivity contribution in [1.82, 2.24) is 4.98 Å². The lowest BCUT2D eigenvalue weighted by Crippen LogP contribution is -2.22. The molecule has 7 heteroatoms. The van der Waals surface area contributed by atoms with Crippen LogP contribution in [0, 0.1) is 6.92 Å². The minimum Gasteiger partial charge on any atom is -0.495 e. The van der Waals surface area contributed by atoms with Crippen molar-refractivity contribution in [2.24, 2.45) is 0 Å². The molecule has 1 aromatic carbocycles. The number of nitrogens with one attached hydrogen (secondary N) is 2. The van der Waals surface area contributed by atoms with Crippen LogP contribution in [0.25, 0.3) is 0 Å². The van der Waals surface area contributed by atoms with Crippen LogP contribution in [0.4, 0.5) is 11.5 Å². The van der Waals surface area contributed by atoms with Crippen LogP contribution in [-0.2, 0) is 10.0 Å². The summed E-state index contributed by atoms with van der Waals surface area (Å²) in [5, 5.41) is 3.42. The first-order chi connectivity index (χ1) is 12.5. The number of methoxy groups -OCH3 is 1. The molecule has 0 saturated heterocycles. The predicted molar refractivity (Wildman–Crippen MR) is 103 cm³/mol. The van der Waals surface area contributed by atoms with Crippen LogP contribution in [0.5, 0.6) is 5.75 Å². The number of aromatic nitrogens is 1. The Bertz CT molecular complexity index is 845. The monoisotopic (exact) mass is 375 g/mol. The molecule has 140 valence electrons. The van der Waals surface area contributed by atoms with Gasteiger partial charge in [0.05, 0.1) is 19.0 Å². The third-order valence-corrected chi connectivity index (χ3v) is 5.98. The van der Waals surface area contributed by atoms with Crippen LogP contribution in [-0.4, -0.2) is 26.6 Å². The SMILES string of the molecule is COc1ccc(C)cc1S(=O)(=O)Nc1ccc(NC2CCCCC2)nc1. The van der Waals surface area contributed by atoms with Crippen LogP contribution in [0.15, 0.2) is 41.4 Å². The fourth-order valence-electron chi connectivity index (χ4n) is 3.20. The van der Waals surface area contributed by atoms with E-state index in [4.69, 9.17) is 4.74 Å². The highest BCUT2D eigenvalue weighted by molar-refractivity contribution is 7.92. The molecule has 3 rings (SSSR count). The van der Waals surface area contributed by atoms with Crippen LogP contribution < -0.4 is 14.8 Å². The summed E-state index contributed by atoms with van der Waals surface area (Å²) in [4.78, 5) is 4.46. The van der Waals surface area contributed by atoms with Crippen LogP contribution in [0.2, 0.25) is 0 Å². The lowest BCUT2D eigenvalue weighted by Gasteiger charge is -2.23. The van der Waals surface area contributed by atoms with Crippen molar-refractivity contribution in [3.05, 3.63) is 42.1 Å². The highest BCUT2D eigenvalue weighted by atomic mass is 32.2. The lowest BCUT2D eigenvalue weighted by atomic mass is 9.95. The average Bonchev–Trinajstić information content (AvgIpc) is 2.64. The van der Waals surface area contributed by atoms with Crippen molar-refractivity contribution in [2.75, 3.05) is 17.1 Å². The van der Waals surface area contributed by atoms with E-state index in [1.807, 2.05) is 13.0 Å². The van der Waals surface area contributed by atoms with Gasteiger partial charge in [-0.1, -0.05) is 25.3 Å². The molecule has 1 aromatic heterocycles. The Balaban J connectivity index is 1.73. The normalized spacial score (nSPS) is 15.5. The van der Waals surface area contributed by atoms with Crippen molar-refractivity contribution >= 4 is 21.5 Å². The van der Waals surface area contributed by atoms with Gasteiger partial charge in [-0.2, -0.15) is 0 Å². The molecule has 1 saturated carbocycles. The van der Waals surface area contributed by atoms with Gasteiger partial charge >= 0.3 is 0 Å². The number of nitrogens with zero attached hydrogens (tertiary/aromatic N) is 1. The van der Waals surface area contributed by atoms with Gasteiger partial charge in [0, 0.05) is 6.04 Å². The molecule has 0 atom stereocenters. The molecule has 0 unspecified atom stereocenters. The van der Waals surface area contributed by atoms with Crippen molar-refractivity contribution in [3.8, 4) is 5.75 Å². The Morgan fingerprint density at radius 3 is 2.54 bits per heavy atom. The van der Waals surface area contributed by atoms with Crippen LogP contribution in [0.3, 0.4) is 0 Å². The summed E-state index contributed by atoms with van der Waals surface area (Å²) in [7, 11) is -2.30. The van der Waals surface area contributed by atoms with Crippen LogP contribution in [0.1, 0.15) is 37.7 Å². The van der Waals surface area contributed by atoms with Gasteiger partial charge in [-0.05, 0) is 49.6 Å². The third-order valence-electron chi connectivity index (χ3n) is 4.58. The molecule has 1 fully saturated rings. The predicted octanol–water partition coefficient (Wildman–Crippen LogP) is 3.94. The van der Waals surface area contributed by atoms with Gasteiger partial charge in [0.2, 0.25) is 0 Å². The molecule has 0 amide bonds. The number of ether oxygens (including phenoxy) is 1. The number of anilines is 2. The maximum Gasteiger partial charge on any atom is 0.265 e. The molecule has 1 aliphatic carbocycles. The average molecular weight is 375 g/mol. The highest BCUT2D eigenvalue weighted by Gasteiger charge is 2.20. The first-order valence-electron chi connectivity index (χ1n) is 8.88. The summed E-state index contributed by atoms with van der Waals surface area (Å²) in [5.74, 6) is 1.08. The quantitative estimate of drug-likeness (QED) is 0.799. The molecule has 0 radical (unpaired) electrons. The van der Waals surface area contributed by atoms with Gasteiger partial charge in [-0.3, -0.25) is 4.72 Å². The smallest absolute Gasteiger partial charge is 0.265 e. The zero-order valence-electron chi connectivity index (χ0n) is 15.2. The maximum absolute atomic E-state index is 12.7. The first-order valence-corrected chi connectivity index (χ1v) is 10.4. The number of benzene rings is 1. The largest absolute Gasteiger partial charge is 0.495 e. The van der Waals surface area contributed by atoms with E-state index in [-0.39, 0.29) is 4.90 Å². The topological polar surface area (TPSA) is 80.3 Å². The van der Waals surface area contributed by atoms with Crippen molar-refractivity contribution in [2.45, 2.75) is 50.0 Å². The highest BCUT2D eigenvalue weighted by Crippen LogP contribution is 2.27. The molecule has 0 bridgehead atoms. The number of hydrogen-bond donors (Lipinski definition) is 2. The molecule has 0 spiro atoms. The molecule has 0 aliphatic heterocycles. The molecule has 1 heterocycles. The Kier molecular flexibility index (Phi) is 5.66. The molecule has 26 heavy (non-hydrogen) atoms. The van der Waals surface area contributed by atoms with Crippen molar-refractivity contribution < 1.29 is 13.2 Å². The minimum atomic E-state index is -3.75. The fourth-order valence-corrected chi connectivity index (χ4v) is 4.50. The van der Waals surface area contributed by atoms with Gasteiger partial charge < -0.3 is 10.1 Å². The van der Waals surface area contributed by atoms with Gasteiger partial charge in [-0.15, -0.1) is 0 Å². The Morgan fingerprint density at radius 1 is 1.12 bits per heavy atom. The molecule has 6 nitrogen and oxygen atoms in total. The van der Waals surface area contributed by atoms with E-state index in [2.05, 4.69) is 15.0 Å². The number of sulfonamides is 1. The second-order valence-electron chi connectivity index (χ2n) is 6.67. The number of aryl methyl sites for hydroxylation is 1. The minimum absolute atomic E-state index is 0.115. The second-order valence-corrected chi connectivity index (χ2v) is 8.32. The number of rotatable bonds is 6. The molecule has 2 N–H and O–H groups in total. The summed E-state index contributed by atoms with van der Waals surface area (Å²) in [6.45, 7) is 1.84. The van der Waals surface area contributed by atoms with Crippen molar-refractivity contribution in [1.29, 1.82) is 0 Å². The van der Waals surface area contributed by atoms with Crippen molar-refractivity contribution in [3.63, 3.8) is 0 Å². The zero-order chi connectivity index (χ0) is 18.6. The van der Waals surface area contributed by atoms with E-state index < -0.39 is 10.0 Å². The molecule has 2 aromatic rings. The summed E-state index contributed by atoms with van der Waals surface area (Å²) in [6, 6.07) is 9.03. The summed E-state index contributed by atoms with van der Waals surface area (Å²) in [6.07, 6.45) is 7.63. The molecular weight excluding hydrogens is 350 g/mol. The van der Waals surface area contributed by atoms with E-state index >= 15 is 0 Å². The van der Waals surface area contributed by atoms with E-state index in [0.717, 1.165) is 24.2 Å². The zero-order valence-corrected chi connectivity index (χ0v) is 16.0.